The molecule has 34 heavy (non-hydrogen) atoms. The Morgan fingerprint density at radius 1 is 1.24 bits per heavy atom. The summed E-state index contributed by atoms with van der Waals surface area (Å²) in [6.45, 7) is -0.933. The number of rotatable bonds is 8. The number of nitrogens with zero attached hydrogens (tertiary/aromatic N) is 3. The largest absolute Gasteiger partial charge is 0.494 e. The third-order valence-electron chi connectivity index (χ3n) is 5.34. The van der Waals surface area contributed by atoms with Crippen molar-refractivity contribution in [2.24, 2.45) is 10.9 Å². The molecule has 0 unspecified atom stereocenters. The van der Waals surface area contributed by atoms with Crippen LogP contribution >= 0.6 is 0 Å². The number of esters is 1. The summed E-state index contributed by atoms with van der Waals surface area (Å²) in [6, 6.07) is 10.1. The number of methoxy groups -OCH3 is 1. The van der Waals surface area contributed by atoms with Crippen molar-refractivity contribution in [2.75, 3.05) is 26.8 Å². The number of carbonyl (C=O) groups excluding carboxylic acids is 2. The Bertz CT molecular complexity index is 1080. The number of carbonyl (C=O) groups is 2. The maximum atomic E-state index is 13.1. The third-order valence-corrected chi connectivity index (χ3v) is 5.34. The average molecular weight is 481 g/mol. The minimum Gasteiger partial charge on any atom is -0.494 e. The number of amides is 1. The summed E-state index contributed by atoms with van der Waals surface area (Å²) in [4.78, 5) is 29.5. The van der Waals surface area contributed by atoms with E-state index in [1.165, 1.54) is 13.3 Å². The van der Waals surface area contributed by atoms with Crippen molar-refractivity contribution in [3.8, 4) is 5.75 Å². The van der Waals surface area contributed by atoms with E-state index < -0.39 is 30.5 Å². The van der Waals surface area contributed by atoms with Gasteiger partial charge in [-0.05, 0) is 41.8 Å². The summed E-state index contributed by atoms with van der Waals surface area (Å²) in [5, 5.41) is 9.64. The molecule has 2 aromatic rings. The minimum atomic E-state index is -4.57. The van der Waals surface area contributed by atoms with Crippen LogP contribution in [-0.2, 0) is 27.3 Å². The average Bonchev–Trinajstić information content (AvgIpc) is 2.90. The van der Waals surface area contributed by atoms with E-state index in [9.17, 15) is 28.0 Å². The van der Waals surface area contributed by atoms with E-state index >= 15 is 0 Å². The molecule has 3 rings (SSSR count). The van der Waals surface area contributed by atoms with Crippen LogP contribution in [-0.4, -0.2) is 59.7 Å². The summed E-state index contributed by atoms with van der Waals surface area (Å²) in [6.07, 6.45) is -2.71. The summed E-state index contributed by atoms with van der Waals surface area (Å²) in [5.41, 5.74) is 1.63. The second kappa shape index (κ2) is 11.1. The molecule has 1 amide bonds. The molecule has 1 atom stereocenters. The molecule has 1 N–H and O–H groups in total. The highest BCUT2D eigenvalue weighted by Gasteiger charge is 2.38. The van der Waals surface area contributed by atoms with E-state index in [2.05, 4.69) is 9.73 Å². The maximum absolute atomic E-state index is 13.1. The Hall–Kier alpha value is -3.50. The Morgan fingerprint density at radius 3 is 2.74 bits per heavy atom. The molecule has 1 aromatic carbocycles. The van der Waals surface area contributed by atoms with Gasteiger partial charge >= 0.3 is 12.1 Å². The Kier molecular flexibility index (Phi) is 8.19. The molecule has 0 aliphatic carbocycles. The van der Waals surface area contributed by atoms with Crippen molar-refractivity contribution in [2.45, 2.75) is 32.0 Å². The molecule has 0 radical (unpaired) electrons. The lowest BCUT2D eigenvalue weighted by atomic mass is 9.94. The minimum absolute atomic E-state index is 0.134. The fourth-order valence-electron chi connectivity index (χ4n) is 3.73. The standard InChI is InChI=1S/C23H26F3N3O5/c1-33-21(30)13-17-11-16-6-7-19(12-18(16)14-28(22(17)31)15-23(24,25)26)34-10-4-8-27-20-5-2-3-9-29(20)32/h2-3,5-7,9,12,17,32H,4,8,10-11,13-15H2,1H3/t17-/m0/s1. The first-order valence-corrected chi connectivity index (χ1v) is 10.7. The van der Waals surface area contributed by atoms with Gasteiger partial charge in [0, 0.05) is 25.7 Å². The van der Waals surface area contributed by atoms with Gasteiger partial charge in [0.15, 0.2) is 5.49 Å². The third kappa shape index (κ3) is 7.00. The number of alkyl halides is 3. The zero-order valence-electron chi connectivity index (χ0n) is 18.6. The zero-order valence-corrected chi connectivity index (χ0v) is 18.6. The Balaban J connectivity index is 1.69. The summed E-state index contributed by atoms with van der Waals surface area (Å²) < 4.78 is 50.6. The molecule has 0 spiro atoms. The van der Waals surface area contributed by atoms with Crippen LogP contribution in [0.2, 0.25) is 0 Å². The predicted molar refractivity (Wildman–Crippen MR) is 114 cm³/mol. The summed E-state index contributed by atoms with van der Waals surface area (Å²) >= 11 is 0. The first-order valence-electron chi connectivity index (χ1n) is 10.7. The number of hydrogen-bond donors (Lipinski definition) is 1. The number of hydrogen-bond acceptors (Lipinski definition) is 6. The van der Waals surface area contributed by atoms with Gasteiger partial charge < -0.3 is 19.6 Å². The molecule has 2 heterocycles. The van der Waals surface area contributed by atoms with Crippen LogP contribution in [0.25, 0.3) is 0 Å². The summed E-state index contributed by atoms with van der Waals surface area (Å²) in [7, 11) is 1.17. The maximum Gasteiger partial charge on any atom is 0.406 e. The molecule has 1 aliphatic heterocycles. The van der Waals surface area contributed by atoms with Gasteiger partial charge in [0.25, 0.3) is 0 Å². The highest BCUT2D eigenvalue weighted by atomic mass is 19.4. The first kappa shape index (κ1) is 25.1. The highest BCUT2D eigenvalue weighted by molar-refractivity contribution is 5.84. The van der Waals surface area contributed by atoms with Crippen molar-refractivity contribution >= 4 is 11.9 Å². The first-order chi connectivity index (χ1) is 16.2. The lowest BCUT2D eigenvalue weighted by molar-refractivity contribution is -0.165. The molecule has 8 nitrogen and oxygen atoms in total. The molecule has 11 heteroatoms. The Morgan fingerprint density at radius 2 is 2.03 bits per heavy atom. The molecular formula is C23H26F3N3O5. The monoisotopic (exact) mass is 481 g/mol. The molecule has 0 fully saturated rings. The molecular weight excluding hydrogens is 455 g/mol. The van der Waals surface area contributed by atoms with Crippen LogP contribution < -0.4 is 10.2 Å². The molecule has 184 valence electrons. The van der Waals surface area contributed by atoms with Crippen molar-refractivity contribution in [3.63, 3.8) is 0 Å². The zero-order chi connectivity index (χ0) is 24.7. The van der Waals surface area contributed by atoms with Crippen molar-refractivity contribution < 1.29 is 37.4 Å². The van der Waals surface area contributed by atoms with Gasteiger partial charge in [-0.2, -0.15) is 17.9 Å². The molecule has 1 aliphatic rings. The van der Waals surface area contributed by atoms with E-state index in [-0.39, 0.29) is 19.4 Å². The van der Waals surface area contributed by atoms with Gasteiger partial charge in [0.1, 0.15) is 12.3 Å². The number of benzene rings is 1. The fraction of sp³-hybridized carbons (Fsp3) is 0.435. The van der Waals surface area contributed by atoms with Crippen LogP contribution in [0.15, 0.2) is 47.6 Å². The van der Waals surface area contributed by atoms with Crippen LogP contribution in [0.4, 0.5) is 13.2 Å². The number of halogens is 3. The van der Waals surface area contributed by atoms with Gasteiger partial charge in [-0.3, -0.25) is 14.6 Å². The lowest BCUT2D eigenvalue weighted by Gasteiger charge is -2.25. The molecule has 1 aromatic heterocycles. The van der Waals surface area contributed by atoms with Crippen LogP contribution in [0.3, 0.4) is 0 Å². The molecule has 0 saturated heterocycles. The Labute approximate surface area is 194 Å². The second-order valence-corrected chi connectivity index (χ2v) is 7.91. The molecule has 0 saturated carbocycles. The van der Waals surface area contributed by atoms with Crippen molar-refractivity contribution in [3.05, 3.63) is 59.2 Å². The van der Waals surface area contributed by atoms with Gasteiger partial charge in [-0.25, -0.2) is 0 Å². The predicted octanol–water partition coefficient (Wildman–Crippen LogP) is 2.72. The van der Waals surface area contributed by atoms with Crippen LogP contribution in [0.1, 0.15) is 24.0 Å². The fourth-order valence-corrected chi connectivity index (χ4v) is 3.73. The normalized spacial score (nSPS) is 16.7. The van der Waals surface area contributed by atoms with Gasteiger partial charge in [0.05, 0.1) is 26.1 Å². The SMILES string of the molecule is COC(=O)C[C@@H]1Cc2ccc(OCCCN=c3ccccn3O)cc2CN(CC(F)(F)F)C1=O. The lowest BCUT2D eigenvalue weighted by Crippen LogP contribution is -2.41. The van der Waals surface area contributed by atoms with Gasteiger partial charge in [-0.15, -0.1) is 0 Å². The van der Waals surface area contributed by atoms with Crippen LogP contribution in [0, 0.1) is 5.92 Å². The van der Waals surface area contributed by atoms with Crippen molar-refractivity contribution in [1.82, 2.24) is 9.63 Å². The number of aromatic nitrogens is 1. The van der Waals surface area contributed by atoms with E-state index in [0.29, 0.717) is 41.9 Å². The van der Waals surface area contributed by atoms with E-state index in [0.717, 1.165) is 9.63 Å². The number of ether oxygens (including phenoxy) is 2. The second-order valence-electron chi connectivity index (χ2n) is 7.91. The van der Waals surface area contributed by atoms with E-state index in [1.807, 2.05) is 0 Å². The topological polar surface area (TPSA) is 93.4 Å². The number of pyridine rings is 1. The van der Waals surface area contributed by atoms with E-state index in [4.69, 9.17) is 4.74 Å². The highest BCUT2D eigenvalue weighted by Crippen LogP contribution is 2.30. The smallest absolute Gasteiger partial charge is 0.406 e. The summed E-state index contributed by atoms with van der Waals surface area (Å²) in [5.74, 6) is -1.86. The number of fused-ring (bicyclic) bond motifs is 1. The van der Waals surface area contributed by atoms with Gasteiger partial charge in [0.2, 0.25) is 5.91 Å². The quantitative estimate of drug-likeness (QED) is 0.356. The van der Waals surface area contributed by atoms with E-state index in [1.54, 1.807) is 36.4 Å². The van der Waals surface area contributed by atoms with Crippen molar-refractivity contribution in [1.29, 1.82) is 0 Å². The van der Waals surface area contributed by atoms with Crippen LogP contribution in [0.5, 0.6) is 5.75 Å². The molecule has 0 bridgehead atoms. The van der Waals surface area contributed by atoms with Gasteiger partial charge in [-0.1, -0.05) is 12.1 Å².